The van der Waals surface area contributed by atoms with Crippen LogP contribution in [0.15, 0.2) is 66.9 Å². The van der Waals surface area contributed by atoms with E-state index in [4.69, 9.17) is 21.1 Å². The molecule has 0 spiro atoms. The van der Waals surface area contributed by atoms with Gasteiger partial charge in [-0.3, -0.25) is 4.79 Å². The lowest BCUT2D eigenvalue weighted by atomic mass is 10.2. The highest BCUT2D eigenvalue weighted by Gasteiger charge is 2.11. The van der Waals surface area contributed by atoms with Gasteiger partial charge in [0.15, 0.2) is 6.61 Å². The van der Waals surface area contributed by atoms with Crippen molar-refractivity contribution in [1.82, 2.24) is 4.98 Å². The standard InChI is InChI=1S/C21H17ClN2O4/c1-14-2-7-17(8-3-14)28-18-9-5-16(6-10-18)24-20(25)13-27-21(26)15-4-11-19(22)23-12-15/h2-12H,13H2,1H3,(H,24,25). The summed E-state index contributed by atoms with van der Waals surface area (Å²) in [7, 11) is 0. The minimum atomic E-state index is -0.652. The molecular formula is C21H17ClN2O4. The maximum atomic E-state index is 12.0. The smallest absolute Gasteiger partial charge is 0.340 e. The number of nitrogens with zero attached hydrogens (tertiary/aromatic N) is 1. The SMILES string of the molecule is Cc1ccc(Oc2ccc(NC(=O)COC(=O)c3ccc(Cl)nc3)cc2)cc1. The van der Waals surface area contributed by atoms with Gasteiger partial charge in [-0.05, 0) is 55.5 Å². The van der Waals surface area contributed by atoms with E-state index in [0.717, 1.165) is 11.3 Å². The van der Waals surface area contributed by atoms with Crippen LogP contribution < -0.4 is 10.1 Å². The molecule has 28 heavy (non-hydrogen) atoms. The molecule has 3 aromatic rings. The van der Waals surface area contributed by atoms with Gasteiger partial charge in [0.25, 0.3) is 5.91 Å². The molecule has 0 bridgehead atoms. The Kier molecular flexibility index (Phi) is 6.24. The lowest BCUT2D eigenvalue weighted by molar-refractivity contribution is -0.119. The van der Waals surface area contributed by atoms with E-state index in [1.165, 1.54) is 18.3 Å². The summed E-state index contributed by atoms with van der Waals surface area (Å²) in [4.78, 5) is 27.6. The molecule has 0 atom stereocenters. The summed E-state index contributed by atoms with van der Waals surface area (Å²) < 4.78 is 10.7. The Bertz CT molecular complexity index is 955. The van der Waals surface area contributed by atoms with Crippen molar-refractivity contribution >= 4 is 29.2 Å². The van der Waals surface area contributed by atoms with Crippen LogP contribution in [0.4, 0.5) is 5.69 Å². The van der Waals surface area contributed by atoms with Crippen LogP contribution in [0.3, 0.4) is 0 Å². The van der Waals surface area contributed by atoms with E-state index in [1.807, 2.05) is 31.2 Å². The average Bonchev–Trinajstić information content (AvgIpc) is 2.70. The highest BCUT2D eigenvalue weighted by Crippen LogP contribution is 2.23. The van der Waals surface area contributed by atoms with E-state index in [9.17, 15) is 9.59 Å². The summed E-state index contributed by atoms with van der Waals surface area (Å²) in [5.74, 6) is 0.262. The third kappa shape index (κ3) is 5.56. The van der Waals surface area contributed by atoms with Crippen molar-refractivity contribution in [3.05, 3.63) is 83.1 Å². The van der Waals surface area contributed by atoms with Crippen LogP contribution >= 0.6 is 11.6 Å². The topological polar surface area (TPSA) is 77.5 Å². The number of esters is 1. The number of ether oxygens (including phenoxy) is 2. The van der Waals surface area contributed by atoms with Gasteiger partial charge in [0, 0.05) is 11.9 Å². The summed E-state index contributed by atoms with van der Waals surface area (Å²) >= 11 is 5.66. The summed E-state index contributed by atoms with van der Waals surface area (Å²) in [6, 6.07) is 17.5. The fourth-order valence-corrected chi connectivity index (χ4v) is 2.37. The number of amides is 1. The average molecular weight is 397 g/mol. The number of carbonyl (C=O) groups excluding carboxylic acids is 2. The summed E-state index contributed by atoms with van der Waals surface area (Å²) in [6.07, 6.45) is 1.29. The molecule has 1 N–H and O–H groups in total. The molecule has 7 heteroatoms. The molecule has 0 aliphatic heterocycles. The van der Waals surface area contributed by atoms with Crippen LogP contribution in [0.2, 0.25) is 5.15 Å². The number of rotatable bonds is 6. The first kappa shape index (κ1) is 19.4. The number of anilines is 1. The third-order valence-corrected chi connectivity index (χ3v) is 3.92. The highest BCUT2D eigenvalue weighted by molar-refractivity contribution is 6.29. The molecule has 0 saturated carbocycles. The third-order valence-electron chi connectivity index (χ3n) is 3.69. The number of hydrogen-bond donors (Lipinski definition) is 1. The van der Waals surface area contributed by atoms with E-state index in [-0.39, 0.29) is 10.7 Å². The van der Waals surface area contributed by atoms with E-state index in [1.54, 1.807) is 24.3 Å². The van der Waals surface area contributed by atoms with Gasteiger partial charge in [-0.1, -0.05) is 29.3 Å². The zero-order valence-corrected chi connectivity index (χ0v) is 15.8. The molecule has 0 aliphatic rings. The molecule has 0 aliphatic carbocycles. The van der Waals surface area contributed by atoms with Crippen molar-refractivity contribution in [2.45, 2.75) is 6.92 Å². The Labute approximate surface area is 167 Å². The monoisotopic (exact) mass is 396 g/mol. The number of benzene rings is 2. The number of carbonyl (C=O) groups is 2. The Morgan fingerprint density at radius 3 is 2.21 bits per heavy atom. The fraction of sp³-hybridized carbons (Fsp3) is 0.0952. The largest absolute Gasteiger partial charge is 0.457 e. The molecule has 0 radical (unpaired) electrons. The summed E-state index contributed by atoms with van der Waals surface area (Å²) in [6.45, 7) is 1.59. The van der Waals surface area contributed by atoms with Crippen LogP contribution in [0.25, 0.3) is 0 Å². The predicted octanol–water partition coefficient (Wildman–Crippen LogP) is 4.63. The van der Waals surface area contributed by atoms with Crippen LogP contribution in [0.1, 0.15) is 15.9 Å². The lowest BCUT2D eigenvalue weighted by Gasteiger charge is -2.09. The number of aryl methyl sites for hydroxylation is 1. The quantitative estimate of drug-likeness (QED) is 0.485. The molecule has 1 aromatic heterocycles. The molecule has 0 unspecified atom stereocenters. The van der Waals surface area contributed by atoms with Gasteiger partial charge >= 0.3 is 5.97 Å². The molecule has 0 saturated heterocycles. The van der Waals surface area contributed by atoms with Crippen molar-refractivity contribution < 1.29 is 19.1 Å². The van der Waals surface area contributed by atoms with Crippen molar-refractivity contribution in [1.29, 1.82) is 0 Å². The number of aromatic nitrogens is 1. The summed E-state index contributed by atoms with van der Waals surface area (Å²) in [5, 5.41) is 2.92. The molecular weight excluding hydrogens is 380 g/mol. The van der Waals surface area contributed by atoms with Gasteiger partial charge < -0.3 is 14.8 Å². The highest BCUT2D eigenvalue weighted by atomic mass is 35.5. The predicted molar refractivity (Wildman–Crippen MR) is 106 cm³/mol. The Morgan fingerprint density at radius 1 is 0.964 bits per heavy atom. The van der Waals surface area contributed by atoms with Crippen LogP contribution in [0.5, 0.6) is 11.5 Å². The van der Waals surface area contributed by atoms with Crippen LogP contribution in [-0.4, -0.2) is 23.5 Å². The van der Waals surface area contributed by atoms with Crippen molar-refractivity contribution in [3.63, 3.8) is 0 Å². The number of halogens is 1. The van der Waals surface area contributed by atoms with Gasteiger partial charge in [0.1, 0.15) is 16.7 Å². The zero-order chi connectivity index (χ0) is 19.9. The van der Waals surface area contributed by atoms with Gasteiger partial charge in [-0.15, -0.1) is 0 Å². The van der Waals surface area contributed by atoms with Crippen molar-refractivity contribution in [2.75, 3.05) is 11.9 Å². The molecule has 6 nitrogen and oxygen atoms in total. The Morgan fingerprint density at radius 2 is 1.61 bits per heavy atom. The van der Waals surface area contributed by atoms with E-state index < -0.39 is 18.5 Å². The molecule has 1 heterocycles. The normalized spacial score (nSPS) is 10.2. The van der Waals surface area contributed by atoms with Gasteiger partial charge in [0.2, 0.25) is 0 Å². The molecule has 3 rings (SSSR count). The maximum absolute atomic E-state index is 12.0. The molecule has 2 aromatic carbocycles. The van der Waals surface area contributed by atoms with E-state index >= 15 is 0 Å². The minimum absolute atomic E-state index is 0.217. The number of nitrogens with one attached hydrogen (secondary N) is 1. The van der Waals surface area contributed by atoms with Crippen LogP contribution in [-0.2, 0) is 9.53 Å². The Balaban J connectivity index is 1.49. The molecule has 1 amide bonds. The number of pyridine rings is 1. The second-order valence-corrected chi connectivity index (χ2v) is 6.32. The van der Waals surface area contributed by atoms with E-state index in [2.05, 4.69) is 10.3 Å². The first-order chi connectivity index (χ1) is 13.5. The van der Waals surface area contributed by atoms with Gasteiger partial charge in [-0.25, -0.2) is 9.78 Å². The fourth-order valence-electron chi connectivity index (χ4n) is 2.26. The summed E-state index contributed by atoms with van der Waals surface area (Å²) in [5.41, 5.74) is 1.93. The zero-order valence-electron chi connectivity index (χ0n) is 15.0. The van der Waals surface area contributed by atoms with Crippen molar-refractivity contribution in [2.24, 2.45) is 0 Å². The maximum Gasteiger partial charge on any atom is 0.340 e. The molecule has 142 valence electrons. The second-order valence-electron chi connectivity index (χ2n) is 5.93. The van der Waals surface area contributed by atoms with Gasteiger partial charge in [-0.2, -0.15) is 0 Å². The van der Waals surface area contributed by atoms with Gasteiger partial charge in [0.05, 0.1) is 5.56 Å². The second kappa shape index (κ2) is 9.01. The number of hydrogen-bond acceptors (Lipinski definition) is 5. The lowest BCUT2D eigenvalue weighted by Crippen LogP contribution is -2.20. The Hall–Kier alpha value is -3.38. The molecule has 0 fully saturated rings. The minimum Gasteiger partial charge on any atom is -0.457 e. The first-order valence-corrected chi connectivity index (χ1v) is 8.80. The van der Waals surface area contributed by atoms with Crippen molar-refractivity contribution in [3.8, 4) is 11.5 Å². The first-order valence-electron chi connectivity index (χ1n) is 8.43. The van der Waals surface area contributed by atoms with E-state index in [0.29, 0.717) is 11.4 Å². The van der Waals surface area contributed by atoms with Crippen LogP contribution in [0, 0.1) is 6.92 Å².